The Morgan fingerprint density at radius 2 is 1.54 bits per heavy atom. The molecule has 138 valence electrons. The minimum Gasteiger partial charge on any atom is -0.381 e. The summed E-state index contributed by atoms with van der Waals surface area (Å²) in [5.74, 6) is 0. The van der Waals surface area contributed by atoms with Gasteiger partial charge in [-0.15, -0.1) is 0 Å². The highest BCUT2D eigenvalue weighted by Gasteiger charge is 2.49. The molecule has 0 aliphatic carbocycles. The van der Waals surface area contributed by atoms with Gasteiger partial charge in [0.05, 0.1) is 12.1 Å². The molecule has 0 radical (unpaired) electrons. The maximum atomic E-state index is 5.96. The van der Waals surface area contributed by atoms with Gasteiger partial charge in [0, 0.05) is 32.2 Å². The van der Waals surface area contributed by atoms with Crippen LogP contribution < -0.4 is 0 Å². The Kier molecular flexibility index (Phi) is 5.12. The number of ether oxygens (including phenoxy) is 1. The zero-order chi connectivity index (χ0) is 18.0. The number of nitrogens with zero attached hydrogens (tertiary/aromatic N) is 2. The predicted molar refractivity (Wildman–Crippen MR) is 106 cm³/mol. The number of hydrogen-bond acceptors (Lipinski definition) is 3. The number of likely N-dealkylation sites (tertiary alicyclic amines) is 2. The third kappa shape index (κ3) is 3.32. The van der Waals surface area contributed by atoms with E-state index >= 15 is 0 Å². The molecule has 2 unspecified atom stereocenters. The van der Waals surface area contributed by atoms with E-state index in [1.165, 1.54) is 17.5 Å². The van der Waals surface area contributed by atoms with Crippen LogP contribution in [0.5, 0.6) is 0 Å². The number of rotatable bonds is 4. The van der Waals surface area contributed by atoms with E-state index in [4.69, 9.17) is 4.74 Å². The van der Waals surface area contributed by atoms with Crippen molar-refractivity contribution in [2.75, 3.05) is 40.3 Å². The van der Waals surface area contributed by atoms with E-state index in [2.05, 4.69) is 77.5 Å². The fourth-order valence-corrected chi connectivity index (χ4v) is 5.16. The van der Waals surface area contributed by atoms with E-state index in [9.17, 15) is 0 Å². The van der Waals surface area contributed by atoms with Crippen molar-refractivity contribution in [2.24, 2.45) is 5.41 Å². The molecule has 0 aromatic heterocycles. The molecule has 2 atom stereocenters. The highest BCUT2D eigenvalue weighted by molar-refractivity contribution is 5.32. The van der Waals surface area contributed by atoms with Crippen molar-refractivity contribution in [1.82, 2.24) is 9.80 Å². The maximum Gasteiger partial charge on any atom is 0.0664 e. The molecule has 2 heterocycles. The summed E-state index contributed by atoms with van der Waals surface area (Å²) >= 11 is 0. The van der Waals surface area contributed by atoms with E-state index in [1.807, 2.05) is 7.11 Å². The Bertz CT molecular complexity index is 665. The lowest BCUT2D eigenvalue weighted by atomic mass is 9.76. The van der Waals surface area contributed by atoms with Crippen molar-refractivity contribution in [3.63, 3.8) is 0 Å². The normalized spacial score (nSPS) is 27.4. The van der Waals surface area contributed by atoms with Gasteiger partial charge in [-0.1, -0.05) is 60.7 Å². The van der Waals surface area contributed by atoms with E-state index < -0.39 is 0 Å². The van der Waals surface area contributed by atoms with Crippen molar-refractivity contribution in [1.29, 1.82) is 0 Å². The van der Waals surface area contributed by atoms with Gasteiger partial charge >= 0.3 is 0 Å². The quantitative estimate of drug-likeness (QED) is 0.834. The van der Waals surface area contributed by atoms with Crippen LogP contribution in [-0.2, 0) is 4.74 Å². The average molecular weight is 351 g/mol. The molecule has 3 heteroatoms. The van der Waals surface area contributed by atoms with Crippen LogP contribution in [0.3, 0.4) is 0 Å². The summed E-state index contributed by atoms with van der Waals surface area (Å²) in [6, 6.07) is 22.2. The zero-order valence-electron chi connectivity index (χ0n) is 16.0. The second kappa shape index (κ2) is 7.51. The molecule has 1 spiro atoms. The van der Waals surface area contributed by atoms with Crippen LogP contribution in [0.15, 0.2) is 60.7 Å². The molecule has 2 saturated heterocycles. The Balaban J connectivity index is 1.65. The molecule has 2 aliphatic heterocycles. The lowest BCUT2D eigenvalue weighted by molar-refractivity contribution is -0.0596. The Labute approximate surface area is 157 Å². The van der Waals surface area contributed by atoms with E-state index in [-0.39, 0.29) is 5.41 Å². The van der Waals surface area contributed by atoms with Crippen LogP contribution in [0, 0.1) is 5.41 Å². The molecule has 4 rings (SSSR count). The Hall–Kier alpha value is -1.68. The lowest BCUT2D eigenvalue weighted by Crippen LogP contribution is -2.52. The molecular formula is C23H30N2O. The molecule has 2 aliphatic rings. The molecular weight excluding hydrogens is 320 g/mol. The smallest absolute Gasteiger partial charge is 0.0664 e. The van der Waals surface area contributed by atoms with Gasteiger partial charge in [-0.3, -0.25) is 4.90 Å². The van der Waals surface area contributed by atoms with Gasteiger partial charge in [-0.2, -0.15) is 0 Å². The van der Waals surface area contributed by atoms with E-state index in [1.54, 1.807) is 0 Å². The summed E-state index contributed by atoms with van der Waals surface area (Å²) in [7, 11) is 4.15. The van der Waals surface area contributed by atoms with Crippen LogP contribution in [0.25, 0.3) is 0 Å². The molecule has 0 bridgehead atoms. The van der Waals surface area contributed by atoms with Gasteiger partial charge in [0.2, 0.25) is 0 Å². The van der Waals surface area contributed by atoms with Crippen molar-refractivity contribution >= 4 is 0 Å². The van der Waals surface area contributed by atoms with Gasteiger partial charge < -0.3 is 9.64 Å². The largest absolute Gasteiger partial charge is 0.381 e. The molecule has 0 N–H and O–H groups in total. The van der Waals surface area contributed by atoms with E-state index in [0.29, 0.717) is 12.1 Å². The van der Waals surface area contributed by atoms with Crippen LogP contribution >= 0.6 is 0 Å². The third-order valence-electron chi connectivity index (χ3n) is 6.34. The second-order valence-corrected chi connectivity index (χ2v) is 8.06. The maximum absolute atomic E-state index is 5.96. The summed E-state index contributed by atoms with van der Waals surface area (Å²) < 4.78 is 5.96. The van der Waals surface area contributed by atoms with Crippen molar-refractivity contribution < 1.29 is 4.74 Å². The molecule has 2 aromatic rings. The highest BCUT2D eigenvalue weighted by atomic mass is 16.5. The van der Waals surface area contributed by atoms with E-state index in [0.717, 1.165) is 32.6 Å². The van der Waals surface area contributed by atoms with Gasteiger partial charge in [0.25, 0.3) is 0 Å². The number of benzene rings is 2. The summed E-state index contributed by atoms with van der Waals surface area (Å²) in [6.07, 6.45) is 2.73. The summed E-state index contributed by atoms with van der Waals surface area (Å²) in [5.41, 5.74) is 3.02. The van der Waals surface area contributed by atoms with Gasteiger partial charge in [0.1, 0.15) is 0 Å². The molecule has 3 nitrogen and oxygen atoms in total. The van der Waals surface area contributed by atoms with Crippen LogP contribution in [0.4, 0.5) is 0 Å². The van der Waals surface area contributed by atoms with Crippen LogP contribution in [-0.4, -0.2) is 56.2 Å². The first kappa shape index (κ1) is 17.7. The average Bonchev–Trinajstić information content (AvgIpc) is 3.07. The SMILES string of the molecule is COC1CCN(C)CC12CCN(C(c1ccccc1)c1ccccc1)C2. The standard InChI is InChI=1S/C23H30N2O/c1-24-15-13-21(26-2)23(17-24)14-16-25(18-23)22(19-9-5-3-6-10-19)20-11-7-4-8-12-20/h3-12,21-22H,13-18H2,1-2H3. The first-order valence-electron chi connectivity index (χ1n) is 9.77. The molecule has 2 aromatic carbocycles. The lowest BCUT2D eigenvalue weighted by Gasteiger charge is -2.45. The van der Waals surface area contributed by atoms with Crippen LogP contribution in [0.1, 0.15) is 30.0 Å². The van der Waals surface area contributed by atoms with Crippen LogP contribution in [0.2, 0.25) is 0 Å². The Morgan fingerprint density at radius 3 is 2.12 bits per heavy atom. The number of hydrogen-bond donors (Lipinski definition) is 0. The fraction of sp³-hybridized carbons (Fsp3) is 0.478. The summed E-state index contributed by atoms with van der Waals surface area (Å²) in [5, 5.41) is 0. The highest BCUT2D eigenvalue weighted by Crippen LogP contribution is 2.44. The van der Waals surface area contributed by atoms with Gasteiger partial charge in [-0.25, -0.2) is 0 Å². The van der Waals surface area contributed by atoms with Crippen molar-refractivity contribution in [2.45, 2.75) is 25.0 Å². The first-order chi connectivity index (χ1) is 12.7. The number of piperidine rings is 1. The monoisotopic (exact) mass is 350 g/mol. The third-order valence-corrected chi connectivity index (χ3v) is 6.34. The van der Waals surface area contributed by atoms with Crippen molar-refractivity contribution in [3.8, 4) is 0 Å². The minimum atomic E-state index is 0.254. The second-order valence-electron chi connectivity index (χ2n) is 8.06. The summed E-state index contributed by atoms with van der Waals surface area (Å²) in [4.78, 5) is 5.16. The molecule has 0 amide bonds. The first-order valence-corrected chi connectivity index (χ1v) is 9.77. The van der Waals surface area contributed by atoms with Gasteiger partial charge in [-0.05, 0) is 37.6 Å². The van der Waals surface area contributed by atoms with Crippen molar-refractivity contribution in [3.05, 3.63) is 71.8 Å². The van der Waals surface area contributed by atoms with Gasteiger partial charge in [0.15, 0.2) is 0 Å². The fourth-order valence-electron chi connectivity index (χ4n) is 5.16. The topological polar surface area (TPSA) is 15.7 Å². The summed E-state index contributed by atoms with van der Waals surface area (Å²) in [6.45, 7) is 4.51. The Morgan fingerprint density at radius 1 is 0.923 bits per heavy atom. The molecule has 0 saturated carbocycles. The molecule has 2 fully saturated rings. The molecule has 26 heavy (non-hydrogen) atoms. The predicted octanol–water partition coefficient (Wildman–Crippen LogP) is 3.82. The minimum absolute atomic E-state index is 0.254. The zero-order valence-corrected chi connectivity index (χ0v) is 16.0. The number of methoxy groups -OCH3 is 1.